The maximum absolute atomic E-state index is 13.0. The summed E-state index contributed by atoms with van der Waals surface area (Å²) in [5, 5.41) is 11.3. The van der Waals surface area contributed by atoms with E-state index in [-0.39, 0.29) is 22.7 Å². The molecule has 0 saturated heterocycles. The highest BCUT2D eigenvalue weighted by atomic mass is 16.6. The summed E-state index contributed by atoms with van der Waals surface area (Å²) >= 11 is 0. The molecule has 1 aromatic heterocycles. The number of nitro groups is 1. The topological polar surface area (TPSA) is 73.1 Å². The van der Waals surface area contributed by atoms with Crippen LogP contribution in [0, 0.1) is 10.1 Å². The molecule has 0 aliphatic carbocycles. The molecule has 0 saturated carbocycles. The van der Waals surface area contributed by atoms with Crippen LogP contribution in [0.3, 0.4) is 0 Å². The predicted molar refractivity (Wildman–Crippen MR) is 96.0 cm³/mol. The molecule has 2 aromatic carbocycles. The van der Waals surface area contributed by atoms with Crippen LogP contribution in [0.5, 0.6) is 0 Å². The van der Waals surface area contributed by atoms with E-state index in [1.54, 1.807) is 42.5 Å². The SMILES string of the molecule is O=C(/C(=C/c1ccccc1)c1cccnc1[N+](=O)[O-])c1ccccc1. The summed E-state index contributed by atoms with van der Waals surface area (Å²) in [6.45, 7) is 0. The lowest BCUT2D eigenvalue weighted by molar-refractivity contribution is -0.389. The lowest BCUT2D eigenvalue weighted by Gasteiger charge is -2.08. The van der Waals surface area contributed by atoms with Crippen LogP contribution in [0.2, 0.25) is 0 Å². The van der Waals surface area contributed by atoms with Gasteiger partial charge in [-0.05, 0) is 33.7 Å². The molecule has 5 heteroatoms. The molecule has 0 N–H and O–H groups in total. The van der Waals surface area contributed by atoms with Gasteiger partial charge in [0.2, 0.25) is 0 Å². The van der Waals surface area contributed by atoms with Crippen LogP contribution in [-0.4, -0.2) is 15.7 Å². The third-order valence-electron chi connectivity index (χ3n) is 3.64. The van der Waals surface area contributed by atoms with Crippen molar-refractivity contribution in [2.75, 3.05) is 0 Å². The van der Waals surface area contributed by atoms with Gasteiger partial charge in [-0.25, -0.2) is 0 Å². The van der Waals surface area contributed by atoms with Crippen LogP contribution in [0.25, 0.3) is 11.6 Å². The molecule has 0 atom stereocenters. The molecule has 0 bridgehead atoms. The molecule has 0 aliphatic rings. The fourth-order valence-corrected chi connectivity index (χ4v) is 2.48. The summed E-state index contributed by atoms with van der Waals surface area (Å²) in [5.41, 5.74) is 1.67. The van der Waals surface area contributed by atoms with Crippen molar-refractivity contribution in [3.05, 3.63) is 106 Å². The summed E-state index contributed by atoms with van der Waals surface area (Å²) in [4.78, 5) is 27.6. The molecule has 0 radical (unpaired) electrons. The van der Waals surface area contributed by atoms with Gasteiger partial charge in [-0.3, -0.25) is 4.79 Å². The molecular weight excluding hydrogens is 316 g/mol. The highest BCUT2D eigenvalue weighted by Crippen LogP contribution is 2.28. The summed E-state index contributed by atoms with van der Waals surface area (Å²) < 4.78 is 0. The van der Waals surface area contributed by atoms with Crippen molar-refractivity contribution in [1.29, 1.82) is 0 Å². The summed E-state index contributed by atoms with van der Waals surface area (Å²) in [6, 6.07) is 21.0. The van der Waals surface area contributed by atoms with E-state index in [4.69, 9.17) is 0 Å². The summed E-state index contributed by atoms with van der Waals surface area (Å²) in [7, 11) is 0. The first-order chi connectivity index (χ1) is 12.2. The number of benzene rings is 2. The zero-order valence-electron chi connectivity index (χ0n) is 13.2. The third kappa shape index (κ3) is 3.67. The second kappa shape index (κ2) is 7.31. The fraction of sp³-hybridized carbons (Fsp3) is 0. The Balaban J connectivity index is 2.19. The van der Waals surface area contributed by atoms with E-state index in [0.29, 0.717) is 5.56 Å². The van der Waals surface area contributed by atoms with Crippen LogP contribution in [-0.2, 0) is 0 Å². The van der Waals surface area contributed by atoms with E-state index in [9.17, 15) is 14.9 Å². The monoisotopic (exact) mass is 330 g/mol. The number of hydrogen-bond acceptors (Lipinski definition) is 4. The minimum Gasteiger partial charge on any atom is -0.358 e. The van der Waals surface area contributed by atoms with Gasteiger partial charge in [-0.15, -0.1) is 0 Å². The molecule has 122 valence electrons. The zero-order valence-corrected chi connectivity index (χ0v) is 13.2. The molecule has 0 unspecified atom stereocenters. The van der Waals surface area contributed by atoms with Crippen LogP contribution in [0.1, 0.15) is 21.5 Å². The molecule has 0 spiro atoms. The summed E-state index contributed by atoms with van der Waals surface area (Å²) in [5.74, 6) is -0.630. The second-order valence-corrected chi connectivity index (χ2v) is 5.30. The van der Waals surface area contributed by atoms with Gasteiger partial charge in [0.05, 0.1) is 5.56 Å². The van der Waals surface area contributed by atoms with Crippen molar-refractivity contribution < 1.29 is 9.72 Å². The lowest BCUT2D eigenvalue weighted by Crippen LogP contribution is -2.06. The van der Waals surface area contributed by atoms with E-state index < -0.39 is 4.92 Å². The molecule has 5 nitrogen and oxygen atoms in total. The Bertz CT molecular complexity index is 935. The molecule has 3 rings (SSSR count). The molecule has 25 heavy (non-hydrogen) atoms. The molecular formula is C20H14N2O3. The zero-order chi connectivity index (χ0) is 17.6. The fourth-order valence-electron chi connectivity index (χ4n) is 2.48. The number of allylic oxidation sites excluding steroid dienone is 1. The third-order valence-corrected chi connectivity index (χ3v) is 3.64. The minimum atomic E-state index is -0.577. The van der Waals surface area contributed by atoms with E-state index in [1.165, 1.54) is 6.20 Å². The number of rotatable bonds is 5. The molecule has 0 amide bonds. The number of aromatic nitrogens is 1. The number of carbonyl (C=O) groups is 1. The molecule has 1 heterocycles. The van der Waals surface area contributed by atoms with Crippen molar-refractivity contribution in [2.24, 2.45) is 0 Å². The Kier molecular flexibility index (Phi) is 4.76. The normalized spacial score (nSPS) is 11.1. The first-order valence-electron chi connectivity index (χ1n) is 7.63. The maximum Gasteiger partial charge on any atom is 0.371 e. The van der Waals surface area contributed by atoms with Crippen molar-refractivity contribution >= 4 is 23.3 Å². The van der Waals surface area contributed by atoms with Gasteiger partial charge in [-0.1, -0.05) is 60.7 Å². The van der Waals surface area contributed by atoms with Crippen molar-refractivity contribution in [2.45, 2.75) is 0 Å². The van der Waals surface area contributed by atoms with Crippen molar-refractivity contribution in [3.63, 3.8) is 0 Å². The van der Waals surface area contributed by atoms with Crippen LogP contribution < -0.4 is 0 Å². The first kappa shape index (κ1) is 16.3. The number of Topliss-reactive ketones (excluding diaryl/α,β-unsaturated/α-hetero) is 1. The van der Waals surface area contributed by atoms with E-state index in [2.05, 4.69) is 4.98 Å². The number of nitrogens with zero attached hydrogens (tertiary/aromatic N) is 2. The highest BCUT2D eigenvalue weighted by Gasteiger charge is 2.23. The van der Waals surface area contributed by atoms with Gasteiger partial charge < -0.3 is 10.1 Å². The standard InChI is InChI=1S/C20H14N2O3/c23-19(16-10-5-2-6-11-16)18(14-15-8-3-1-4-9-15)17-12-7-13-21-20(17)22(24)25/h1-14H/b18-14+. The van der Waals surface area contributed by atoms with Gasteiger partial charge in [0, 0.05) is 11.1 Å². The van der Waals surface area contributed by atoms with Gasteiger partial charge in [-0.2, -0.15) is 0 Å². The van der Waals surface area contributed by atoms with E-state index in [1.807, 2.05) is 36.4 Å². The molecule has 0 aliphatic heterocycles. The highest BCUT2D eigenvalue weighted by molar-refractivity contribution is 6.33. The average molecular weight is 330 g/mol. The van der Waals surface area contributed by atoms with Crippen molar-refractivity contribution in [1.82, 2.24) is 4.98 Å². The molecule has 3 aromatic rings. The van der Waals surface area contributed by atoms with Crippen LogP contribution >= 0.6 is 0 Å². The number of carbonyl (C=O) groups excluding carboxylic acids is 1. The first-order valence-corrected chi connectivity index (χ1v) is 7.63. The average Bonchev–Trinajstić information content (AvgIpc) is 2.67. The van der Waals surface area contributed by atoms with Gasteiger partial charge in [0.1, 0.15) is 6.20 Å². The number of ketones is 1. The summed E-state index contributed by atoms with van der Waals surface area (Å²) in [6.07, 6.45) is 2.99. The predicted octanol–water partition coefficient (Wildman–Crippen LogP) is 4.41. The van der Waals surface area contributed by atoms with Crippen LogP contribution in [0.4, 0.5) is 5.82 Å². The lowest BCUT2D eigenvalue weighted by atomic mass is 9.95. The molecule has 0 fully saturated rings. The van der Waals surface area contributed by atoms with Crippen molar-refractivity contribution in [3.8, 4) is 0 Å². The minimum absolute atomic E-state index is 0.199. The van der Waals surface area contributed by atoms with E-state index >= 15 is 0 Å². The Morgan fingerprint density at radius 1 is 0.920 bits per heavy atom. The smallest absolute Gasteiger partial charge is 0.358 e. The quantitative estimate of drug-likeness (QED) is 0.300. The van der Waals surface area contributed by atoms with E-state index in [0.717, 1.165) is 5.56 Å². The number of pyridine rings is 1. The number of hydrogen-bond donors (Lipinski definition) is 0. The van der Waals surface area contributed by atoms with Gasteiger partial charge >= 0.3 is 5.82 Å². The largest absolute Gasteiger partial charge is 0.371 e. The second-order valence-electron chi connectivity index (χ2n) is 5.30. The van der Waals surface area contributed by atoms with Gasteiger partial charge in [0.15, 0.2) is 5.78 Å². The Morgan fingerprint density at radius 2 is 1.56 bits per heavy atom. The van der Waals surface area contributed by atoms with Crippen LogP contribution in [0.15, 0.2) is 79.0 Å². The Hall–Kier alpha value is -3.60. The Morgan fingerprint density at radius 3 is 2.20 bits per heavy atom. The maximum atomic E-state index is 13.0. The Labute approximate surface area is 144 Å². The van der Waals surface area contributed by atoms with Gasteiger partial charge in [0.25, 0.3) is 0 Å².